The van der Waals surface area contributed by atoms with Crippen molar-refractivity contribution in [1.82, 2.24) is 0 Å². The molecular formula is C56H46N2. The van der Waals surface area contributed by atoms with Crippen LogP contribution in [0.4, 0.5) is 0 Å². The van der Waals surface area contributed by atoms with Gasteiger partial charge in [-0.05, 0) is 178 Å². The Labute approximate surface area is 342 Å². The summed E-state index contributed by atoms with van der Waals surface area (Å²) < 4.78 is 0. The normalized spacial score (nSPS) is 13.0. The molecule has 280 valence electrons. The van der Waals surface area contributed by atoms with Gasteiger partial charge in [-0.1, -0.05) is 132 Å². The minimum absolute atomic E-state index is 0.0418. The molecule has 8 aromatic rings. The van der Waals surface area contributed by atoms with Crippen LogP contribution in [0.3, 0.4) is 0 Å². The van der Waals surface area contributed by atoms with Crippen molar-refractivity contribution < 1.29 is 0 Å². The second kappa shape index (κ2) is 13.4. The molecule has 0 bridgehead atoms. The van der Waals surface area contributed by atoms with Gasteiger partial charge in [-0.25, -0.2) is 0 Å². The predicted molar refractivity (Wildman–Crippen MR) is 247 cm³/mol. The number of rotatable bonds is 4. The molecule has 0 amide bonds. The van der Waals surface area contributed by atoms with Gasteiger partial charge in [0.05, 0.1) is 23.3 Å². The van der Waals surface area contributed by atoms with E-state index in [1.807, 2.05) is 18.2 Å². The van der Waals surface area contributed by atoms with E-state index in [2.05, 4.69) is 183 Å². The molecule has 0 spiro atoms. The third-order valence-corrected chi connectivity index (χ3v) is 12.5. The molecular weight excluding hydrogens is 701 g/mol. The molecule has 58 heavy (non-hydrogen) atoms. The first-order valence-corrected chi connectivity index (χ1v) is 20.2. The molecule has 0 saturated carbocycles. The van der Waals surface area contributed by atoms with Crippen LogP contribution in [0.15, 0.2) is 139 Å². The van der Waals surface area contributed by atoms with Gasteiger partial charge in [-0.2, -0.15) is 10.5 Å². The molecule has 1 aliphatic rings. The standard InChI is InChI=1S/C56H46N2/c1-33(12-13-34(2)55(3,4)5)45-27-48-41-23-16-36(32-58)26-47(41)46(38-19-21-39(22-20-38)56(6,7)8)28-52(48)53-30-49-43-11-9-10-42-40(37-17-14-35(31-57)15-18-37)24-25-44(54(42)43)50(49)29-51(45)53/h9-30H,1-8H3/b33-12+,34-13+. The van der Waals surface area contributed by atoms with E-state index >= 15 is 0 Å². The Morgan fingerprint density at radius 3 is 1.71 bits per heavy atom. The molecule has 0 fully saturated rings. The summed E-state index contributed by atoms with van der Waals surface area (Å²) in [4.78, 5) is 0. The van der Waals surface area contributed by atoms with E-state index < -0.39 is 0 Å². The van der Waals surface area contributed by atoms with Crippen molar-refractivity contribution in [2.45, 2.75) is 60.8 Å². The van der Waals surface area contributed by atoms with Crippen molar-refractivity contribution in [3.05, 3.63) is 161 Å². The lowest BCUT2D eigenvalue weighted by molar-refractivity contribution is 0.504. The fourth-order valence-electron chi connectivity index (χ4n) is 8.74. The molecule has 9 rings (SSSR count). The molecule has 0 saturated heterocycles. The molecule has 1 aliphatic carbocycles. The van der Waals surface area contributed by atoms with Gasteiger partial charge in [0.25, 0.3) is 0 Å². The van der Waals surface area contributed by atoms with E-state index in [9.17, 15) is 10.5 Å². The highest BCUT2D eigenvalue weighted by atomic mass is 14.3. The highest BCUT2D eigenvalue weighted by molar-refractivity contribution is 6.26. The van der Waals surface area contributed by atoms with Crippen LogP contribution < -0.4 is 0 Å². The Morgan fingerprint density at radius 1 is 0.466 bits per heavy atom. The second-order valence-electron chi connectivity index (χ2n) is 18.1. The van der Waals surface area contributed by atoms with Gasteiger partial charge in [0.1, 0.15) is 0 Å². The number of allylic oxidation sites excluding steroid dienone is 4. The van der Waals surface area contributed by atoms with Crippen LogP contribution >= 0.6 is 0 Å². The highest BCUT2D eigenvalue weighted by Crippen LogP contribution is 2.52. The number of hydrogen-bond donors (Lipinski definition) is 0. The van der Waals surface area contributed by atoms with E-state index in [1.54, 1.807) is 0 Å². The molecule has 0 heterocycles. The zero-order valence-electron chi connectivity index (χ0n) is 34.6. The van der Waals surface area contributed by atoms with Crippen molar-refractivity contribution >= 4 is 48.7 Å². The van der Waals surface area contributed by atoms with E-state index in [0.717, 1.165) is 27.5 Å². The summed E-state index contributed by atoms with van der Waals surface area (Å²) in [5, 5.41) is 29.0. The van der Waals surface area contributed by atoms with Crippen LogP contribution in [0, 0.1) is 28.1 Å². The van der Waals surface area contributed by atoms with Crippen LogP contribution in [0.2, 0.25) is 0 Å². The van der Waals surface area contributed by atoms with Crippen LogP contribution in [-0.4, -0.2) is 0 Å². The first-order valence-electron chi connectivity index (χ1n) is 20.2. The lowest BCUT2D eigenvalue weighted by Gasteiger charge is -2.20. The lowest BCUT2D eigenvalue weighted by atomic mass is 9.84. The molecule has 0 aromatic heterocycles. The zero-order valence-corrected chi connectivity index (χ0v) is 34.6. The molecule has 0 atom stereocenters. The summed E-state index contributed by atoms with van der Waals surface area (Å²) in [5.74, 6) is 0. The van der Waals surface area contributed by atoms with Gasteiger partial charge in [0, 0.05) is 0 Å². The number of hydrogen-bond acceptors (Lipinski definition) is 2. The zero-order chi connectivity index (χ0) is 40.7. The van der Waals surface area contributed by atoms with Crippen LogP contribution in [-0.2, 0) is 5.41 Å². The smallest absolute Gasteiger partial charge is 0.0991 e. The van der Waals surface area contributed by atoms with Crippen molar-refractivity contribution in [2.24, 2.45) is 5.41 Å². The fourth-order valence-corrected chi connectivity index (χ4v) is 8.74. The Balaban J connectivity index is 1.37. The SMILES string of the molecule is C/C(=C\C=C(/C)C(C)(C)C)c1cc2c3ccc(C#N)cc3c(-c3ccc(C(C)(C)C)cc3)cc2c2cc3c(cc12)-c1ccc(-c2ccc(C#N)cc2)c2cccc-3c12. The highest BCUT2D eigenvalue weighted by Gasteiger charge is 2.26. The third-order valence-electron chi connectivity index (χ3n) is 12.5. The Morgan fingerprint density at radius 2 is 1.03 bits per heavy atom. The summed E-state index contributed by atoms with van der Waals surface area (Å²) in [5.41, 5.74) is 16.0. The second-order valence-corrected chi connectivity index (χ2v) is 18.1. The van der Waals surface area contributed by atoms with Crippen molar-refractivity contribution in [3.8, 4) is 56.6 Å². The van der Waals surface area contributed by atoms with Crippen LogP contribution in [0.5, 0.6) is 0 Å². The Kier molecular flexibility index (Phi) is 8.54. The molecule has 0 aliphatic heterocycles. The molecule has 0 N–H and O–H groups in total. The van der Waals surface area contributed by atoms with E-state index in [0.29, 0.717) is 11.1 Å². The monoisotopic (exact) mass is 746 g/mol. The summed E-state index contributed by atoms with van der Waals surface area (Å²) in [6.07, 6.45) is 4.57. The maximum Gasteiger partial charge on any atom is 0.0991 e. The predicted octanol–water partition coefficient (Wildman–Crippen LogP) is 15.7. The summed E-state index contributed by atoms with van der Waals surface area (Å²) in [6.45, 7) is 18.0. The molecule has 8 aromatic carbocycles. The summed E-state index contributed by atoms with van der Waals surface area (Å²) >= 11 is 0. The van der Waals surface area contributed by atoms with Crippen LogP contribution in [0.1, 0.15) is 77.6 Å². The van der Waals surface area contributed by atoms with E-state index in [4.69, 9.17) is 0 Å². The first kappa shape index (κ1) is 36.9. The van der Waals surface area contributed by atoms with Gasteiger partial charge >= 0.3 is 0 Å². The van der Waals surface area contributed by atoms with Gasteiger partial charge in [-0.15, -0.1) is 0 Å². The van der Waals surface area contributed by atoms with Gasteiger partial charge in [0.2, 0.25) is 0 Å². The minimum Gasteiger partial charge on any atom is -0.192 e. The van der Waals surface area contributed by atoms with Gasteiger partial charge < -0.3 is 0 Å². The molecule has 0 radical (unpaired) electrons. The Hall–Kier alpha value is -6.74. The van der Waals surface area contributed by atoms with Crippen LogP contribution in [0.25, 0.3) is 93.2 Å². The minimum atomic E-state index is 0.0418. The molecule has 0 unspecified atom stereocenters. The number of fused-ring (bicyclic) bond motifs is 8. The summed E-state index contributed by atoms with van der Waals surface area (Å²) in [7, 11) is 0. The van der Waals surface area contributed by atoms with Gasteiger partial charge in [-0.3, -0.25) is 0 Å². The van der Waals surface area contributed by atoms with Crippen molar-refractivity contribution in [1.29, 1.82) is 10.5 Å². The average molecular weight is 747 g/mol. The average Bonchev–Trinajstić information content (AvgIpc) is 3.54. The number of benzene rings is 8. The molecule has 2 nitrogen and oxygen atoms in total. The third kappa shape index (κ3) is 6.00. The quantitative estimate of drug-likeness (QED) is 0.133. The van der Waals surface area contributed by atoms with Crippen molar-refractivity contribution in [2.75, 3.05) is 0 Å². The first-order chi connectivity index (χ1) is 27.7. The van der Waals surface area contributed by atoms with E-state index in [1.165, 1.54) is 82.4 Å². The molecule has 2 heteroatoms. The largest absolute Gasteiger partial charge is 0.192 e. The topological polar surface area (TPSA) is 47.6 Å². The maximum absolute atomic E-state index is 10.1. The summed E-state index contributed by atoms with van der Waals surface area (Å²) in [6, 6.07) is 48.6. The maximum atomic E-state index is 10.1. The van der Waals surface area contributed by atoms with Gasteiger partial charge in [0.15, 0.2) is 0 Å². The van der Waals surface area contributed by atoms with Crippen molar-refractivity contribution in [3.63, 3.8) is 0 Å². The number of nitriles is 2. The fraction of sp³-hybridized carbons (Fsp3) is 0.179. The Bertz CT molecular complexity index is 3180. The van der Waals surface area contributed by atoms with E-state index in [-0.39, 0.29) is 10.8 Å². The lowest BCUT2D eigenvalue weighted by Crippen LogP contribution is -2.10. The number of nitrogens with zero attached hydrogens (tertiary/aromatic N) is 2.